The van der Waals surface area contributed by atoms with Gasteiger partial charge in [-0.25, -0.2) is 0 Å². The Kier molecular flexibility index (Phi) is 17.8. The predicted octanol–water partition coefficient (Wildman–Crippen LogP) is 5.57. The summed E-state index contributed by atoms with van der Waals surface area (Å²) in [5.74, 6) is 0. The first-order chi connectivity index (χ1) is 13.3. The van der Waals surface area contributed by atoms with E-state index in [-0.39, 0.29) is 0 Å². The SMILES string of the molecule is CCCCCCCCCCCCCCCCCCN1CCOB(O)OCC1. The lowest BCUT2D eigenvalue weighted by atomic mass is 10.0. The Morgan fingerprint density at radius 3 is 1.41 bits per heavy atom. The van der Waals surface area contributed by atoms with E-state index in [4.69, 9.17) is 9.31 Å². The minimum atomic E-state index is -1.03. The summed E-state index contributed by atoms with van der Waals surface area (Å²) < 4.78 is 10.3. The second kappa shape index (κ2) is 19.2. The van der Waals surface area contributed by atoms with E-state index in [2.05, 4.69) is 11.8 Å². The molecule has 0 spiro atoms. The maximum Gasteiger partial charge on any atom is 0.636 e. The zero-order valence-corrected chi connectivity index (χ0v) is 18.1. The lowest BCUT2D eigenvalue weighted by Gasteiger charge is -2.25. The van der Waals surface area contributed by atoms with Crippen LogP contribution >= 0.6 is 0 Å². The number of hydrogen-bond acceptors (Lipinski definition) is 4. The van der Waals surface area contributed by atoms with Crippen LogP contribution in [-0.4, -0.2) is 50.1 Å². The van der Waals surface area contributed by atoms with E-state index in [0.717, 1.165) is 19.6 Å². The van der Waals surface area contributed by atoms with Crippen LogP contribution in [0, 0.1) is 0 Å². The fourth-order valence-corrected chi connectivity index (χ4v) is 3.83. The average Bonchev–Trinajstić information content (AvgIpc) is 2.65. The van der Waals surface area contributed by atoms with Crippen molar-refractivity contribution in [2.24, 2.45) is 0 Å². The van der Waals surface area contributed by atoms with E-state index in [9.17, 15) is 5.02 Å². The Morgan fingerprint density at radius 2 is 1.00 bits per heavy atom. The van der Waals surface area contributed by atoms with Crippen molar-refractivity contribution in [3.05, 3.63) is 0 Å². The molecule has 1 aliphatic heterocycles. The third-order valence-electron chi connectivity index (χ3n) is 5.66. The molecule has 0 amide bonds. The fraction of sp³-hybridized carbons (Fsp3) is 1.00. The van der Waals surface area contributed by atoms with Gasteiger partial charge in [0.1, 0.15) is 0 Å². The topological polar surface area (TPSA) is 41.9 Å². The molecule has 0 saturated carbocycles. The molecule has 0 radical (unpaired) electrons. The Hall–Kier alpha value is -0.0951. The van der Waals surface area contributed by atoms with Gasteiger partial charge < -0.3 is 14.3 Å². The van der Waals surface area contributed by atoms with E-state index in [1.165, 1.54) is 103 Å². The number of rotatable bonds is 17. The average molecular weight is 383 g/mol. The van der Waals surface area contributed by atoms with Crippen LogP contribution in [0.15, 0.2) is 0 Å². The lowest BCUT2D eigenvalue weighted by molar-refractivity contribution is 0.0735. The summed E-state index contributed by atoms with van der Waals surface area (Å²) in [5.41, 5.74) is 0. The van der Waals surface area contributed by atoms with Crippen molar-refractivity contribution in [2.75, 3.05) is 32.8 Å². The third kappa shape index (κ3) is 16.6. The molecular formula is C22H46BNO3. The van der Waals surface area contributed by atoms with Crippen LogP contribution in [0.3, 0.4) is 0 Å². The third-order valence-corrected chi connectivity index (χ3v) is 5.66. The van der Waals surface area contributed by atoms with Crippen molar-refractivity contribution in [1.82, 2.24) is 4.90 Å². The normalized spacial score (nSPS) is 16.4. The molecule has 0 aromatic rings. The molecule has 1 N–H and O–H groups in total. The smallest absolute Gasteiger partial charge is 0.402 e. The second-order valence-corrected chi connectivity index (χ2v) is 8.19. The van der Waals surface area contributed by atoms with Crippen LogP contribution in [0.5, 0.6) is 0 Å². The van der Waals surface area contributed by atoms with Gasteiger partial charge in [-0.1, -0.05) is 103 Å². The minimum Gasteiger partial charge on any atom is -0.402 e. The first-order valence-electron chi connectivity index (χ1n) is 12.0. The maximum atomic E-state index is 9.26. The van der Waals surface area contributed by atoms with Gasteiger partial charge in [-0.2, -0.15) is 0 Å². The first-order valence-corrected chi connectivity index (χ1v) is 12.0. The van der Waals surface area contributed by atoms with Crippen LogP contribution in [0.4, 0.5) is 0 Å². The molecule has 5 heteroatoms. The Bertz CT molecular complexity index is 297. The van der Waals surface area contributed by atoms with Crippen LogP contribution in [0.25, 0.3) is 0 Å². The summed E-state index contributed by atoms with van der Waals surface area (Å²) in [6.45, 7) is 6.33. The summed E-state index contributed by atoms with van der Waals surface area (Å²) in [4.78, 5) is 2.38. The van der Waals surface area contributed by atoms with Crippen LogP contribution < -0.4 is 0 Å². The Labute approximate surface area is 169 Å². The van der Waals surface area contributed by atoms with Crippen molar-refractivity contribution in [3.8, 4) is 0 Å². The van der Waals surface area contributed by atoms with Crippen molar-refractivity contribution < 1.29 is 14.3 Å². The quantitative estimate of drug-likeness (QED) is 0.263. The molecule has 0 aromatic heterocycles. The lowest BCUT2D eigenvalue weighted by Crippen LogP contribution is -2.39. The molecule has 1 saturated heterocycles. The summed E-state index contributed by atoms with van der Waals surface area (Å²) >= 11 is 0. The van der Waals surface area contributed by atoms with Gasteiger partial charge in [-0.3, -0.25) is 4.90 Å². The van der Waals surface area contributed by atoms with Crippen LogP contribution in [-0.2, 0) is 9.31 Å². The predicted molar refractivity (Wildman–Crippen MR) is 116 cm³/mol. The molecule has 0 atom stereocenters. The van der Waals surface area contributed by atoms with E-state index in [0.29, 0.717) is 13.2 Å². The zero-order valence-electron chi connectivity index (χ0n) is 18.1. The largest absolute Gasteiger partial charge is 0.636 e. The summed E-state index contributed by atoms with van der Waals surface area (Å²) in [6, 6.07) is 0. The highest BCUT2D eigenvalue weighted by atomic mass is 16.7. The summed E-state index contributed by atoms with van der Waals surface area (Å²) in [5, 5.41) is 9.26. The molecule has 160 valence electrons. The monoisotopic (exact) mass is 383 g/mol. The fourth-order valence-electron chi connectivity index (χ4n) is 3.83. The number of hydrogen-bond donors (Lipinski definition) is 1. The summed E-state index contributed by atoms with van der Waals surface area (Å²) in [7, 11) is -1.03. The van der Waals surface area contributed by atoms with Gasteiger partial charge >= 0.3 is 7.32 Å². The Morgan fingerprint density at radius 1 is 0.630 bits per heavy atom. The number of nitrogens with zero attached hydrogens (tertiary/aromatic N) is 1. The van der Waals surface area contributed by atoms with E-state index in [1.54, 1.807) is 0 Å². The zero-order chi connectivity index (χ0) is 19.4. The second-order valence-electron chi connectivity index (χ2n) is 8.19. The molecular weight excluding hydrogens is 337 g/mol. The van der Waals surface area contributed by atoms with E-state index in [1.807, 2.05) is 0 Å². The van der Waals surface area contributed by atoms with Gasteiger partial charge in [-0.05, 0) is 13.0 Å². The molecule has 0 unspecified atom stereocenters. The van der Waals surface area contributed by atoms with Crippen molar-refractivity contribution in [2.45, 2.75) is 110 Å². The molecule has 4 nitrogen and oxygen atoms in total. The number of unbranched alkanes of at least 4 members (excludes halogenated alkanes) is 15. The summed E-state index contributed by atoms with van der Waals surface area (Å²) in [6.07, 6.45) is 22.6. The standard InChI is InChI=1S/C22H46BNO3/c1-2-3-4-5-6-7-8-9-10-11-12-13-14-15-16-17-18-24-19-21-26-23(25)27-22-20-24/h25H,2-22H2,1H3. The van der Waals surface area contributed by atoms with Gasteiger partial charge in [0.15, 0.2) is 0 Å². The van der Waals surface area contributed by atoms with Crippen LogP contribution in [0.2, 0.25) is 0 Å². The molecule has 0 aliphatic carbocycles. The highest BCUT2D eigenvalue weighted by Gasteiger charge is 2.19. The highest BCUT2D eigenvalue weighted by molar-refractivity contribution is 6.34. The molecule has 0 aromatic carbocycles. The minimum absolute atomic E-state index is 0.556. The molecule has 1 rings (SSSR count). The molecule has 1 aliphatic rings. The van der Waals surface area contributed by atoms with Crippen molar-refractivity contribution in [1.29, 1.82) is 0 Å². The van der Waals surface area contributed by atoms with Gasteiger partial charge in [-0.15, -0.1) is 0 Å². The molecule has 1 fully saturated rings. The van der Waals surface area contributed by atoms with Gasteiger partial charge in [0.25, 0.3) is 0 Å². The maximum absolute atomic E-state index is 9.26. The van der Waals surface area contributed by atoms with Gasteiger partial charge in [0, 0.05) is 26.3 Å². The Balaban J connectivity index is 1.74. The van der Waals surface area contributed by atoms with E-state index < -0.39 is 7.32 Å². The molecule has 1 heterocycles. The van der Waals surface area contributed by atoms with Crippen molar-refractivity contribution >= 4 is 7.32 Å². The van der Waals surface area contributed by atoms with E-state index >= 15 is 0 Å². The van der Waals surface area contributed by atoms with Crippen LogP contribution in [0.1, 0.15) is 110 Å². The van der Waals surface area contributed by atoms with Gasteiger partial charge in [0.2, 0.25) is 0 Å². The molecule has 0 bridgehead atoms. The highest BCUT2D eigenvalue weighted by Crippen LogP contribution is 2.14. The van der Waals surface area contributed by atoms with Crippen molar-refractivity contribution in [3.63, 3.8) is 0 Å². The van der Waals surface area contributed by atoms with Gasteiger partial charge in [0.05, 0.1) is 0 Å². The molecule has 27 heavy (non-hydrogen) atoms. The first kappa shape index (κ1) is 24.9.